The van der Waals surface area contributed by atoms with Gasteiger partial charge in [0.1, 0.15) is 0 Å². The molecular formula is C26H31N3OS. The number of thioether (sulfide) groups is 1. The Labute approximate surface area is 189 Å². The zero-order chi connectivity index (χ0) is 21.9. The molecule has 0 saturated carbocycles. The third-order valence-corrected chi connectivity index (χ3v) is 6.03. The molecule has 0 aliphatic rings. The largest absolute Gasteiger partial charge is 0.356 e. The highest BCUT2D eigenvalue weighted by atomic mass is 32.2. The number of imidazole rings is 1. The number of amides is 1. The van der Waals surface area contributed by atoms with E-state index >= 15 is 0 Å². The number of nitrogens with one attached hydrogen (secondary N) is 1. The predicted octanol–water partition coefficient (Wildman–Crippen LogP) is 6.19. The molecule has 1 amide bonds. The van der Waals surface area contributed by atoms with E-state index in [0.29, 0.717) is 13.0 Å². The lowest BCUT2D eigenvalue weighted by molar-refractivity contribution is -0.121. The highest BCUT2D eigenvalue weighted by Crippen LogP contribution is 2.36. The monoisotopic (exact) mass is 433 g/mol. The Kier molecular flexibility index (Phi) is 8.98. The summed E-state index contributed by atoms with van der Waals surface area (Å²) >= 11 is 1.71. The van der Waals surface area contributed by atoms with Crippen LogP contribution in [-0.2, 0) is 11.3 Å². The summed E-state index contributed by atoms with van der Waals surface area (Å²) in [5.74, 6) is 0.982. The summed E-state index contributed by atoms with van der Waals surface area (Å²) in [6.07, 6.45) is 5.41. The van der Waals surface area contributed by atoms with Crippen LogP contribution in [0.2, 0.25) is 0 Å². The van der Waals surface area contributed by atoms with E-state index in [1.807, 2.05) is 30.3 Å². The molecule has 5 heteroatoms. The van der Waals surface area contributed by atoms with Crippen LogP contribution in [0.3, 0.4) is 0 Å². The average Bonchev–Trinajstić information content (AvgIpc) is 3.16. The number of benzene rings is 2. The fraction of sp³-hybridized carbons (Fsp3) is 0.308. The van der Waals surface area contributed by atoms with Gasteiger partial charge in [0.25, 0.3) is 0 Å². The van der Waals surface area contributed by atoms with Gasteiger partial charge in [-0.1, -0.05) is 91.8 Å². The molecule has 1 heterocycles. The Bertz CT molecular complexity index is 967. The van der Waals surface area contributed by atoms with Crippen molar-refractivity contribution in [2.45, 2.75) is 44.3 Å². The summed E-state index contributed by atoms with van der Waals surface area (Å²) in [4.78, 5) is 17.0. The number of nitrogens with zero attached hydrogens (tertiary/aromatic N) is 2. The van der Waals surface area contributed by atoms with Crippen LogP contribution in [0.5, 0.6) is 0 Å². The standard InChI is InChI=1S/C26H31N3OS/c1-3-5-18-27-23(30)17-12-20-31-26-28-24(21-13-8-6-9-14-21)25(29(26)19-4-2)22-15-10-7-11-16-22/h4,6-11,13-16H,2-3,5,12,17-20H2,1H3,(H,27,30). The zero-order valence-electron chi connectivity index (χ0n) is 18.2. The number of carbonyl (C=O) groups is 1. The van der Waals surface area contributed by atoms with Crippen molar-refractivity contribution in [2.75, 3.05) is 12.3 Å². The first-order valence-electron chi connectivity index (χ1n) is 11.0. The average molecular weight is 434 g/mol. The number of carbonyl (C=O) groups excluding carboxylic acids is 1. The van der Waals surface area contributed by atoms with E-state index in [2.05, 4.69) is 59.8 Å². The van der Waals surface area contributed by atoms with E-state index in [0.717, 1.165) is 59.2 Å². The molecule has 3 rings (SSSR count). The molecule has 0 fully saturated rings. The Morgan fingerprint density at radius 2 is 1.74 bits per heavy atom. The van der Waals surface area contributed by atoms with E-state index in [-0.39, 0.29) is 5.91 Å². The lowest BCUT2D eigenvalue weighted by Crippen LogP contribution is -2.24. The van der Waals surface area contributed by atoms with Gasteiger partial charge in [0.15, 0.2) is 5.16 Å². The molecule has 0 spiro atoms. The fourth-order valence-electron chi connectivity index (χ4n) is 3.42. The molecule has 0 aliphatic heterocycles. The summed E-state index contributed by atoms with van der Waals surface area (Å²) < 4.78 is 2.23. The molecule has 2 aromatic carbocycles. The second kappa shape index (κ2) is 12.2. The van der Waals surface area contributed by atoms with Gasteiger partial charge in [0, 0.05) is 36.4 Å². The first-order valence-corrected chi connectivity index (χ1v) is 11.9. The molecule has 1 aromatic heterocycles. The lowest BCUT2D eigenvalue weighted by Gasteiger charge is -2.11. The Balaban J connectivity index is 1.81. The van der Waals surface area contributed by atoms with Gasteiger partial charge in [0.05, 0.1) is 11.4 Å². The zero-order valence-corrected chi connectivity index (χ0v) is 19.0. The van der Waals surface area contributed by atoms with Gasteiger partial charge in [0.2, 0.25) is 5.91 Å². The molecule has 1 N–H and O–H groups in total. The van der Waals surface area contributed by atoms with Gasteiger partial charge < -0.3 is 9.88 Å². The van der Waals surface area contributed by atoms with Crippen molar-refractivity contribution in [3.05, 3.63) is 73.3 Å². The molecule has 0 aliphatic carbocycles. The summed E-state index contributed by atoms with van der Waals surface area (Å²) in [6.45, 7) is 7.54. The maximum atomic E-state index is 12.0. The number of hydrogen-bond donors (Lipinski definition) is 1. The second-order valence-corrected chi connectivity index (χ2v) is 8.44. The molecule has 162 valence electrons. The maximum absolute atomic E-state index is 12.0. The molecule has 0 atom stereocenters. The van der Waals surface area contributed by atoms with Crippen LogP contribution >= 0.6 is 11.8 Å². The number of allylic oxidation sites excluding steroid dienone is 1. The van der Waals surface area contributed by atoms with Crippen LogP contribution in [0, 0.1) is 0 Å². The number of hydrogen-bond acceptors (Lipinski definition) is 3. The Hall–Kier alpha value is -2.79. The first-order chi connectivity index (χ1) is 15.2. The summed E-state index contributed by atoms with van der Waals surface area (Å²) in [7, 11) is 0. The molecule has 3 aromatic rings. The van der Waals surface area contributed by atoms with Crippen LogP contribution in [0.15, 0.2) is 78.5 Å². The van der Waals surface area contributed by atoms with Crippen LogP contribution < -0.4 is 5.32 Å². The SMILES string of the molecule is C=CCn1c(SCCCC(=O)NCCCC)nc(-c2ccccc2)c1-c1ccccc1. The third kappa shape index (κ3) is 6.34. The Morgan fingerprint density at radius 3 is 2.39 bits per heavy atom. The summed E-state index contributed by atoms with van der Waals surface area (Å²) in [5, 5.41) is 3.95. The van der Waals surface area contributed by atoms with Crippen LogP contribution in [0.1, 0.15) is 32.6 Å². The van der Waals surface area contributed by atoms with Crippen LogP contribution in [0.25, 0.3) is 22.5 Å². The van der Waals surface area contributed by atoms with Gasteiger partial charge in [-0.15, -0.1) is 6.58 Å². The van der Waals surface area contributed by atoms with E-state index in [1.54, 1.807) is 11.8 Å². The van der Waals surface area contributed by atoms with Crippen molar-refractivity contribution >= 4 is 17.7 Å². The summed E-state index contributed by atoms with van der Waals surface area (Å²) in [5.41, 5.74) is 4.32. The van der Waals surface area contributed by atoms with E-state index in [4.69, 9.17) is 4.98 Å². The van der Waals surface area contributed by atoms with Gasteiger partial charge in [-0.2, -0.15) is 0 Å². The number of unbranched alkanes of at least 4 members (excludes halogenated alkanes) is 1. The van der Waals surface area contributed by atoms with Gasteiger partial charge in [-0.25, -0.2) is 4.98 Å². The first kappa shape index (κ1) is 22.9. The van der Waals surface area contributed by atoms with Crippen molar-refractivity contribution < 1.29 is 4.79 Å². The topological polar surface area (TPSA) is 46.9 Å². The van der Waals surface area contributed by atoms with Crippen molar-refractivity contribution in [2.24, 2.45) is 0 Å². The van der Waals surface area contributed by atoms with Gasteiger partial charge in [-0.05, 0) is 12.8 Å². The van der Waals surface area contributed by atoms with E-state index in [9.17, 15) is 4.79 Å². The minimum absolute atomic E-state index is 0.137. The molecule has 0 unspecified atom stereocenters. The number of aromatic nitrogens is 2. The molecule has 31 heavy (non-hydrogen) atoms. The third-order valence-electron chi connectivity index (χ3n) is 4.97. The Morgan fingerprint density at radius 1 is 1.06 bits per heavy atom. The van der Waals surface area contributed by atoms with Crippen molar-refractivity contribution in [1.29, 1.82) is 0 Å². The molecule has 0 bridgehead atoms. The molecule has 4 nitrogen and oxygen atoms in total. The van der Waals surface area contributed by atoms with Crippen molar-refractivity contribution in [1.82, 2.24) is 14.9 Å². The minimum Gasteiger partial charge on any atom is -0.356 e. The minimum atomic E-state index is 0.137. The lowest BCUT2D eigenvalue weighted by atomic mass is 10.0. The van der Waals surface area contributed by atoms with Crippen LogP contribution in [0.4, 0.5) is 0 Å². The summed E-state index contributed by atoms with van der Waals surface area (Å²) in [6, 6.07) is 20.7. The van der Waals surface area contributed by atoms with E-state index in [1.165, 1.54) is 0 Å². The predicted molar refractivity (Wildman–Crippen MR) is 131 cm³/mol. The van der Waals surface area contributed by atoms with Gasteiger partial charge >= 0.3 is 0 Å². The quantitative estimate of drug-likeness (QED) is 0.210. The van der Waals surface area contributed by atoms with Crippen molar-refractivity contribution in [3.63, 3.8) is 0 Å². The normalized spacial score (nSPS) is 10.7. The van der Waals surface area contributed by atoms with E-state index < -0.39 is 0 Å². The van der Waals surface area contributed by atoms with Crippen LogP contribution in [-0.4, -0.2) is 27.8 Å². The molecular weight excluding hydrogens is 402 g/mol. The highest BCUT2D eigenvalue weighted by molar-refractivity contribution is 7.99. The number of rotatable bonds is 12. The highest BCUT2D eigenvalue weighted by Gasteiger charge is 2.19. The molecule has 0 saturated heterocycles. The maximum Gasteiger partial charge on any atom is 0.220 e. The second-order valence-electron chi connectivity index (χ2n) is 7.38. The van der Waals surface area contributed by atoms with Gasteiger partial charge in [-0.3, -0.25) is 4.79 Å². The smallest absolute Gasteiger partial charge is 0.220 e. The fourth-order valence-corrected chi connectivity index (χ4v) is 4.36. The van der Waals surface area contributed by atoms with Crippen molar-refractivity contribution in [3.8, 4) is 22.5 Å². The molecule has 0 radical (unpaired) electrons.